The molecule has 6 nitrogen and oxygen atoms in total. The van der Waals surface area contributed by atoms with Gasteiger partial charge < -0.3 is 15.0 Å². The van der Waals surface area contributed by atoms with Crippen molar-refractivity contribution in [2.45, 2.75) is 50.7 Å². The zero-order chi connectivity index (χ0) is 22.2. The van der Waals surface area contributed by atoms with Gasteiger partial charge in [0.25, 0.3) is 5.56 Å². The Morgan fingerprint density at radius 2 is 1.84 bits per heavy atom. The zero-order valence-electron chi connectivity index (χ0n) is 18.7. The van der Waals surface area contributed by atoms with Crippen LogP contribution in [-0.4, -0.2) is 46.7 Å². The quantitative estimate of drug-likeness (QED) is 0.757. The summed E-state index contributed by atoms with van der Waals surface area (Å²) in [6.45, 7) is 1.16. The molecule has 1 saturated heterocycles. The van der Waals surface area contributed by atoms with Gasteiger partial charge in [0.2, 0.25) is 5.91 Å². The minimum absolute atomic E-state index is 0.0157. The summed E-state index contributed by atoms with van der Waals surface area (Å²) in [4.78, 5) is 29.0. The molecular weight excluding hydrogens is 402 g/mol. The van der Waals surface area contributed by atoms with Crippen LogP contribution in [0.5, 0.6) is 0 Å². The number of aliphatic hydroxyl groups is 1. The van der Waals surface area contributed by atoms with Crippen LogP contribution in [0.25, 0.3) is 11.1 Å². The van der Waals surface area contributed by atoms with Crippen molar-refractivity contribution in [1.82, 2.24) is 14.8 Å². The molecule has 4 atom stereocenters. The minimum Gasteiger partial charge on any atom is -0.396 e. The number of carbonyl (C=O) groups excluding carboxylic acids is 1. The molecule has 2 aromatic rings. The summed E-state index contributed by atoms with van der Waals surface area (Å²) in [5.74, 6) is 0.0364. The molecule has 6 heteroatoms. The number of amides is 1. The topological polar surface area (TPSA) is 74.6 Å². The lowest BCUT2D eigenvalue weighted by Crippen LogP contribution is -2.44. The number of aromatic nitrogens is 1. The number of fused-ring (bicyclic) bond motifs is 4. The molecule has 2 aliphatic heterocycles. The highest BCUT2D eigenvalue weighted by Gasteiger charge is 2.54. The molecule has 1 aliphatic carbocycles. The summed E-state index contributed by atoms with van der Waals surface area (Å²) in [5.41, 5.74) is 2.44. The maximum atomic E-state index is 13.4. The molecule has 1 saturated carbocycles. The second-order valence-corrected chi connectivity index (χ2v) is 9.75. The Morgan fingerprint density at radius 3 is 2.56 bits per heavy atom. The molecule has 3 heterocycles. The molecule has 3 aliphatic rings. The lowest BCUT2D eigenvalue weighted by Gasteiger charge is -2.35. The lowest BCUT2D eigenvalue weighted by atomic mass is 9.85. The summed E-state index contributed by atoms with van der Waals surface area (Å²) in [6.07, 6.45) is 6.15. The van der Waals surface area contributed by atoms with Crippen LogP contribution < -0.4 is 10.9 Å². The van der Waals surface area contributed by atoms with Crippen molar-refractivity contribution in [3.05, 3.63) is 58.5 Å². The van der Waals surface area contributed by atoms with Gasteiger partial charge in [0, 0.05) is 42.9 Å². The van der Waals surface area contributed by atoms with Crippen molar-refractivity contribution in [3.63, 3.8) is 0 Å². The molecule has 2 fully saturated rings. The van der Waals surface area contributed by atoms with Gasteiger partial charge in [-0.1, -0.05) is 49.6 Å². The van der Waals surface area contributed by atoms with Crippen LogP contribution in [0.1, 0.15) is 43.8 Å². The maximum absolute atomic E-state index is 13.4. The average Bonchev–Trinajstić information content (AvgIpc) is 3.01. The van der Waals surface area contributed by atoms with Gasteiger partial charge in [-0.25, -0.2) is 0 Å². The number of likely N-dealkylation sites (N-methyl/N-ethyl adjacent to an activating group) is 1. The predicted octanol–water partition coefficient (Wildman–Crippen LogP) is 2.81. The first-order valence-corrected chi connectivity index (χ1v) is 12.0. The smallest absolute Gasteiger partial charge is 0.258 e. The van der Waals surface area contributed by atoms with Gasteiger partial charge in [-0.15, -0.1) is 0 Å². The second-order valence-electron chi connectivity index (χ2n) is 9.75. The van der Waals surface area contributed by atoms with E-state index in [0.717, 1.165) is 11.3 Å². The van der Waals surface area contributed by atoms with Crippen LogP contribution in [0, 0.1) is 17.8 Å². The third-order valence-electron chi connectivity index (χ3n) is 8.03. The standard InChI is InChI=1S/C26H33N3O3/c1-28-22-15-29-21(13-12-19(26(29)32)18-10-6-3-7-11-18)24(28)23(20(22)16-30)25(31)27-14-17-8-4-2-5-9-17/h3,6-7,10-13,17,20,22-24,30H,2,4-5,8-9,14-16H2,1H3,(H,27,31)/t20-,22-,23+,24+/m0/s1. The van der Waals surface area contributed by atoms with E-state index in [4.69, 9.17) is 0 Å². The Labute approximate surface area is 189 Å². The van der Waals surface area contributed by atoms with E-state index < -0.39 is 0 Å². The molecule has 1 amide bonds. The van der Waals surface area contributed by atoms with Crippen molar-refractivity contribution >= 4 is 5.91 Å². The van der Waals surface area contributed by atoms with Crippen molar-refractivity contribution in [2.24, 2.45) is 17.8 Å². The van der Waals surface area contributed by atoms with E-state index in [1.165, 1.54) is 32.1 Å². The van der Waals surface area contributed by atoms with Crippen LogP contribution in [0.4, 0.5) is 0 Å². The van der Waals surface area contributed by atoms with E-state index in [1.54, 1.807) is 0 Å². The molecule has 0 unspecified atom stereocenters. The molecule has 1 aromatic heterocycles. The van der Waals surface area contributed by atoms with Gasteiger partial charge in [-0.05, 0) is 43.5 Å². The number of hydrogen-bond acceptors (Lipinski definition) is 4. The van der Waals surface area contributed by atoms with Gasteiger partial charge in [-0.2, -0.15) is 0 Å². The van der Waals surface area contributed by atoms with Crippen LogP contribution >= 0.6 is 0 Å². The van der Waals surface area contributed by atoms with Gasteiger partial charge in [0.1, 0.15) is 0 Å². The SMILES string of the molecule is CN1[C@@H]2c3ccc(-c4ccccc4)c(=O)n3C[C@H]1[C@H](CO)[C@H]2C(=O)NCC1CCCCC1. The predicted molar refractivity (Wildman–Crippen MR) is 124 cm³/mol. The van der Waals surface area contributed by atoms with Gasteiger partial charge >= 0.3 is 0 Å². The number of carbonyl (C=O) groups is 1. The summed E-state index contributed by atoms with van der Waals surface area (Å²) < 4.78 is 1.84. The van der Waals surface area contributed by atoms with E-state index in [0.29, 0.717) is 24.6 Å². The van der Waals surface area contributed by atoms with Crippen LogP contribution in [0.2, 0.25) is 0 Å². The molecule has 0 radical (unpaired) electrons. The third kappa shape index (κ3) is 3.59. The van der Waals surface area contributed by atoms with Crippen molar-refractivity contribution in [3.8, 4) is 11.1 Å². The minimum atomic E-state index is -0.352. The fourth-order valence-corrected chi connectivity index (χ4v) is 6.28. The number of pyridine rings is 1. The number of benzene rings is 1. The molecule has 5 rings (SSSR count). The molecule has 170 valence electrons. The maximum Gasteiger partial charge on any atom is 0.258 e. The normalized spacial score (nSPS) is 27.8. The first kappa shape index (κ1) is 21.4. The van der Waals surface area contributed by atoms with Crippen LogP contribution in [0.15, 0.2) is 47.3 Å². The number of nitrogens with one attached hydrogen (secondary N) is 1. The molecular formula is C26H33N3O3. The third-order valence-corrected chi connectivity index (χ3v) is 8.03. The summed E-state index contributed by atoms with van der Waals surface area (Å²) in [5, 5.41) is 13.5. The molecule has 1 aromatic carbocycles. The van der Waals surface area contributed by atoms with Crippen molar-refractivity contribution < 1.29 is 9.90 Å². The highest BCUT2D eigenvalue weighted by atomic mass is 16.3. The van der Waals surface area contributed by atoms with Gasteiger partial charge in [0.15, 0.2) is 0 Å². The average molecular weight is 436 g/mol. The first-order chi connectivity index (χ1) is 15.6. The second kappa shape index (κ2) is 8.83. The molecule has 32 heavy (non-hydrogen) atoms. The summed E-state index contributed by atoms with van der Waals surface area (Å²) in [6, 6.07) is 13.4. The molecule has 2 N–H and O–H groups in total. The Bertz CT molecular complexity index is 1030. The number of aliphatic hydroxyl groups excluding tert-OH is 1. The van der Waals surface area contributed by atoms with E-state index in [2.05, 4.69) is 10.2 Å². The zero-order valence-corrected chi connectivity index (χ0v) is 18.7. The van der Waals surface area contributed by atoms with Gasteiger partial charge in [0.05, 0.1) is 12.0 Å². The number of rotatable bonds is 5. The Kier molecular flexibility index (Phi) is 5.91. The van der Waals surface area contributed by atoms with Crippen molar-refractivity contribution in [2.75, 3.05) is 20.2 Å². The van der Waals surface area contributed by atoms with E-state index in [-0.39, 0.29) is 42.0 Å². The molecule has 2 bridgehead atoms. The lowest BCUT2D eigenvalue weighted by molar-refractivity contribution is -0.127. The Hall–Kier alpha value is -2.44. The highest BCUT2D eigenvalue weighted by molar-refractivity contribution is 5.80. The van der Waals surface area contributed by atoms with Crippen LogP contribution in [-0.2, 0) is 11.3 Å². The highest BCUT2D eigenvalue weighted by Crippen LogP contribution is 2.47. The van der Waals surface area contributed by atoms with E-state index in [9.17, 15) is 14.7 Å². The summed E-state index contributed by atoms with van der Waals surface area (Å²) in [7, 11) is 2.02. The number of nitrogens with zero attached hydrogens (tertiary/aromatic N) is 2. The largest absolute Gasteiger partial charge is 0.396 e. The Morgan fingerprint density at radius 1 is 1.09 bits per heavy atom. The van der Waals surface area contributed by atoms with E-state index >= 15 is 0 Å². The van der Waals surface area contributed by atoms with Crippen molar-refractivity contribution in [1.29, 1.82) is 0 Å². The fraction of sp³-hybridized carbons (Fsp3) is 0.538. The van der Waals surface area contributed by atoms with E-state index in [1.807, 2.05) is 54.1 Å². The van der Waals surface area contributed by atoms with Gasteiger partial charge in [-0.3, -0.25) is 14.5 Å². The summed E-state index contributed by atoms with van der Waals surface area (Å²) >= 11 is 0. The molecule has 0 spiro atoms. The Balaban J connectivity index is 1.45. The fourth-order valence-electron chi connectivity index (χ4n) is 6.28. The number of hydrogen-bond donors (Lipinski definition) is 2. The monoisotopic (exact) mass is 435 g/mol. The van der Waals surface area contributed by atoms with Crippen LogP contribution in [0.3, 0.4) is 0 Å². The first-order valence-electron chi connectivity index (χ1n) is 12.0.